The van der Waals surface area contributed by atoms with Crippen molar-refractivity contribution in [2.45, 2.75) is 32.9 Å². The number of amides is 1. The monoisotopic (exact) mass is 274 g/mol. The van der Waals surface area contributed by atoms with Crippen LogP contribution in [0.1, 0.15) is 26.0 Å². The molecule has 108 valence electrons. The Morgan fingerprint density at radius 3 is 2.75 bits per heavy atom. The van der Waals surface area contributed by atoms with Crippen LogP contribution in [0.5, 0.6) is 0 Å². The van der Waals surface area contributed by atoms with Gasteiger partial charge in [-0.1, -0.05) is 38.5 Å². The zero-order valence-corrected chi connectivity index (χ0v) is 12.3. The van der Waals surface area contributed by atoms with Gasteiger partial charge in [0.25, 0.3) is 0 Å². The molecule has 0 spiro atoms. The molecule has 0 aliphatic rings. The SMILES string of the molecule is CCC(C)C(N)C(=O)N(C)Cc1cc2ccccc2o1. The fourth-order valence-corrected chi connectivity index (χ4v) is 2.18. The lowest BCUT2D eigenvalue weighted by Crippen LogP contribution is -2.45. The summed E-state index contributed by atoms with van der Waals surface area (Å²) in [5, 5.41) is 1.05. The van der Waals surface area contributed by atoms with E-state index in [1.165, 1.54) is 0 Å². The lowest BCUT2D eigenvalue weighted by molar-refractivity contribution is -0.133. The van der Waals surface area contributed by atoms with Crippen molar-refractivity contribution in [1.82, 2.24) is 4.90 Å². The summed E-state index contributed by atoms with van der Waals surface area (Å²) < 4.78 is 5.72. The molecule has 0 saturated carbocycles. The van der Waals surface area contributed by atoms with Crippen molar-refractivity contribution in [2.24, 2.45) is 11.7 Å². The summed E-state index contributed by atoms with van der Waals surface area (Å²) in [7, 11) is 1.76. The molecule has 1 aromatic carbocycles. The number of likely N-dealkylation sites (N-methyl/N-ethyl adjacent to an activating group) is 1. The second-order valence-electron chi connectivity index (χ2n) is 5.36. The van der Waals surface area contributed by atoms with E-state index in [1.807, 2.05) is 44.2 Å². The highest BCUT2D eigenvalue weighted by atomic mass is 16.3. The van der Waals surface area contributed by atoms with Crippen molar-refractivity contribution in [1.29, 1.82) is 0 Å². The van der Waals surface area contributed by atoms with Gasteiger partial charge < -0.3 is 15.1 Å². The van der Waals surface area contributed by atoms with Crippen LogP contribution in [-0.2, 0) is 11.3 Å². The summed E-state index contributed by atoms with van der Waals surface area (Å²) in [5.41, 5.74) is 6.82. The maximum absolute atomic E-state index is 12.2. The topological polar surface area (TPSA) is 59.5 Å². The van der Waals surface area contributed by atoms with Crippen LogP contribution in [0.4, 0.5) is 0 Å². The molecular weight excluding hydrogens is 252 g/mol. The largest absolute Gasteiger partial charge is 0.459 e. The highest BCUT2D eigenvalue weighted by molar-refractivity contribution is 5.82. The third-order valence-electron chi connectivity index (χ3n) is 3.79. The third kappa shape index (κ3) is 3.02. The number of fused-ring (bicyclic) bond motifs is 1. The first kappa shape index (κ1) is 14.6. The Labute approximate surface area is 119 Å². The van der Waals surface area contributed by atoms with Crippen molar-refractivity contribution >= 4 is 16.9 Å². The highest BCUT2D eigenvalue weighted by Crippen LogP contribution is 2.20. The molecule has 0 saturated heterocycles. The number of rotatable bonds is 5. The van der Waals surface area contributed by atoms with Crippen LogP contribution in [0.15, 0.2) is 34.7 Å². The van der Waals surface area contributed by atoms with Gasteiger partial charge in [0.1, 0.15) is 11.3 Å². The van der Waals surface area contributed by atoms with Crippen LogP contribution in [0.2, 0.25) is 0 Å². The van der Waals surface area contributed by atoms with Crippen molar-refractivity contribution < 1.29 is 9.21 Å². The standard InChI is InChI=1S/C16H22N2O2/c1-4-11(2)15(17)16(19)18(3)10-13-9-12-7-5-6-8-14(12)20-13/h5-9,11,15H,4,10,17H2,1-3H3. The second kappa shape index (κ2) is 6.09. The molecule has 0 bridgehead atoms. The molecule has 1 heterocycles. The molecule has 20 heavy (non-hydrogen) atoms. The normalized spacial score (nSPS) is 14.2. The molecule has 4 nitrogen and oxygen atoms in total. The van der Waals surface area contributed by atoms with Gasteiger partial charge in [-0.3, -0.25) is 4.79 Å². The number of benzene rings is 1. The van der Waals surface area contributed by atoms with E-state index in [0.29, 0.717) is 6.54 Å². The first-order chi connectivity index (χ1) is 9.52. The van der Waals surface area contributed by atoms with Gasteiger partial charge in [0.15, 0.2) is 0 Å². The minimum Gasteiger partial charge on any atom is -0.459 e. The van der Waals surface area contributed by atoms with Crippen molar-refractivity contribution in [2.75, 3.05) is 7.05 Å². The number of nitrogens with two attached hydrogens (primary N) is 1. The molecule has 2 N–H and O–H groups in total. The summed E-state index contributed by atoms with van der Waals surface area (Å²) in [6.07, 6.45) is 0.894. The van der Waals surface area contributed by atoms with Gasteiger partial charge in [0.05, 0.1) is 12.6 Å². The maximum Gasteiger partial charge on any atom is 0.239 e. The van der Waals surface area contributed by atoms with Gasteiger partial charge in [-0.2, -0.15) is 0 Å². The van der Waals surface area contributed by atoms with Crippen LogP contribution in [0.25, 0.3) is 11.0 Å². The molecular formula is C16H22N2O2. The van der Waals surface area contributed by atoms with E-state index in [-0.39, 0.29) is 11.8 Å². The lowest BCUT2D eigenvalue weighted by atomic mass is 9.99. The fourth-order valence-electron chi connectivity index (χ4n) is 2.18. The van der Waals surface area contributed by atoms with Crippen molar-refractivity contribution in [3.05, 3.63) is 36.1 Å². The van der Waals surface area contributed by atoms with Crippen molar-refractivity contribution in [3.63, 3.8) is 0 Å². The van der Waals surface area contributed by atoms with Crippen LogP contribution >= 0.6 is 0 Å². The smallest absolute Gasteiger partial charge is 0.239 e. The van der Waals surface area contributed by atoms with E-state index >= 15 is 0 Å². The molecule has 4 heteroatoms. The van der Waals surface area contributed by atoms with Gasteiger partial charge in [-0.15, -0.1) is 0 Å². The van der Waals surface area contributed by atoms with Gasteiger partial charge in [0, 0.05) is 12.4 Å². The average molecular weight is 274 g/mol. The molecule has 0 aliphatic heterocycles. The maximum atomic E-state index is 12.2. The summed E-state index contributed by atoms with van der Waals surface area (Å²) in [6.45, 7) is 4.48. The zero-order chi connectivity index (χ0) is 14.7. The number of carbonyl (C=O) groups is 1. The highest BCUT2D eigenvalue weighted by Gasteiger charge is 2.23. The summed E-state index contributed by atoms with van der Waals surface area (Å²) in [4.78, 5) is 13.9. The Balaban J connectivity index is 2.07. The minimum absolute atomic E-state index is 0.0418. The van der Waals surface area contributed by atoms with E-state index in [0.717, 1.165) is 23.2 Å². The van der Waals surface area contributed by atoms with Crippen LogP contribution in [0, 0.1) is 5.92 Å². The Bertz CT molecular complexity index is 558. The summed E-state index contributed by atoms with van der Waals surface area (Å²) in [5.74, 6) is 0.916. The Hall–Kier alpha value is -1.81. The fraction of sp³-hybridized carbons (Fsp3) is 0.438. The Morgan fingerprint density at radius 1 is 1.40 bits per heavy atom. The molecule has 1 aromatic heterocycles. The van der Waals surface area contributed by atoms with E-state index in [2.05, 4.69) is 0 Å². The second-order valence-corrected chi connectivity index (χ2v) is 5.36. The third-order valence-corrected chi connectivity index (χ3v) is 3.79. The molecule has 0 fully saturated rings. The van der Waals surface area contributed by atoms with E-state index < -0.39 is 6.04 Å². The summed E-state index contributed by atoms with van der Waals surface area (Å²) >= 11 is 0. The number of para-hydroxylation sites is 1. The Kier molecular flexibility index (Phi) is 4.45. The van der Waals surface area contributed by atoms with Gasteiger partial charge in [0.2, 0.25) is 5.91 Å². The average Bonchev–Trinajstić information content (AvgIpc) is 2.86. The minimum atomic E-state index is -0.450. The van der Waals surface area contributed by atoms with Crippen molar-refractivity contribution in [3.8, 4) is 0 Å². The first-order valence-corrected chi connectivity index (χ1v) is 7.01. The lowest BCUT2D eigenvalue weighted by Gasteiger charge is -2.23. The number of hydrogen-bond acceptors (Lipinski definition) is 3. The van der Waals surface area contributed by atoms with Gasteiger partial charge in [-0.05, 0) is 18.1 Å². The molecule has 1 amide bonds. The summed E-state index contributed by atoms with van der Waals surface area (Å²) in [6, 6.07) is 9.34. The molecule has 2 aromatic rings. The number of nitrogens with zero attached hydrogens (tertiary/aromatic N) is 1. The number of furan rings is 1. The van der Waals surface area contributed by atoms with E-state index in [9.17, 15) is 4.79 Å². The molecule has 2 rings (SSSR count). The van der Waals surface area contributed by atoms with Gasteiger partial charge >= 0.3 is 0 Å². The molecule has 2 atom stereocenters. The molecule has 2 unspecified atom stereocenters. The van der Waals surface area contributed by atoms with Gasteiger partial charge in [-0.25, -0.2) is 0 Å². The predicted molar refractivity (Wildman–Crippen MR) is 80.1 cm³/mol. The predicted octanol–water partition coefficient (Wildman–Crippen LogP) is 2.76. The van der Waals surface area contributed by atoms with Crippen LogP contribution in [0.3, 0.4) is 0 Å². The van der Waals surface area contributed by atoms with E-state index in [4.69, 9.17) is 10.2 Å². The Morgan fingerprint density at radius 2 is 2.10 bits per heavy atom. The zero-order valence-electron chi connectivity index (χ0n) is 12.3. The molecule has 0 radical (unpaired) electrons. The van der Waals surface area contributed by atoms with Crippen LogP contribution < -0.4 is 5.73 Å². The van der Waals surface area contributed by atoms with Crippen LogP contribution in [-0.4, -0.2) is 23.9 Å². The number of hydrogen-bond donors (Lipinski definition) is 1. The molecule has 0 aliphatic carbocycles. The number of carbonyl (C=O) groups excluding carboxylic acids is 1. The first-order valence-electron chi connectivity index (χ1n) is 7.01. The quantitative estimate of drug-likeness (QED) is 0.912. The van der Waals surface area contributed by atoms with E-state index in [1.54, 1.807) is 11.9 Å².